The molecule has 1 saturated heterocycles. The van der Waals surface area contributed by atoms with Crippen molar-refractivity contribution in [2.75, 3.05) is 6.54 Å². The fourth-order valence-corrected chi connectivity index (χ4v) is 4.63. The van der Waals surface area contributed by atoms with Crippen molar-refractivity contribution in [2.24, 2.45) is 11.8 Å². The highest BCUT2D eigenvalue weighted by Crippen LogP contribution is 2.39. The van der Waals surface area contributed by atoms with Crippen LogP contribution in [0.2, 0.25) is 0 Å². The summed E-state index contributed by atoms with van der Waals surface area (Å²) >= 11 is 0. The van der Waals surface area contributed by atoms with Gasteiger partial charge in [0.2, 0.25) is 5.82 Å². The van der Waals surface area contributed by atoms with Gasteiger partial charge in [0.15, 0.2) is 0 Å². The number of fused-ring (bicyclic) bond motifs is 1. The Balaban J connectivity index is 1.39. The number of piperidine rings is 1. The van der Waals surface area contributed by atoms with E-state index in [0.717, 1.165) is 37.1 Å². The van der Waals surface area contributed by atoms with Crippen LogP contribution in [0.15, 0.2) is 36.7 Å². The third-order valence-corrected chi connectivity index (χ3v) is 6.17. The minimum atomic E-state index is -0.775. The summed E-state index contributed by atoms with van der Waals surface area (Å²) in [5.41, 5.74) is 1.64. The molecule has 0 spiro atoms. The molecule has 0 amide bonds. The quantitative estimate of drug-likeness (QED) is 0.580. The van der Waals surface area contributed by atoms with E-state index in [4.69, 9.17) is 4.74 Å². The molecule has 30 heavy (non-hydrogen) atoms. The number of hydrogen-bond donors (Lipinski definition) is 3. The minimum Gasteiger partial charge on any atom is -0.490 e. The number of carbonyl (C=O) groups is 1. The number of nitrogens with zero attached hydrogens (tertiary/aromatic N) is 5. The molecule has 1 aliphatic heterocycles. The number of benzene rings is 1. The third kappa shape index (κ3) is 3.65. The highest BCUT2D eigenvalue weighted by Gasteiger charge is 2.38. The Morgan fingerprint density at radius 1 is 1.23 bits per heavy atom. The van der Waals surface area contributed by atoms with Crippen molar-refractivity contribution in [3.8, 4) is 22.8 Å². The molecular formula is C20H23N7O3. The van der Waals surface area contributed by atoms with Gasteiger partial charge in [-0.15, -0.1) is 10.2 Å². The number of rotatable bonds is 5. The summed E-state index contributed by atoms with van der Waals surface area (Å²) in [6.45, 7) is 0.761. The van der Waals surface area contributed by atoms with E-state index in [0.29, 0.717) is 29.8 Å². The van der Waals surface area contributed by atoms with Gasteiger partial charge in [-0.05, 0) is 67.5 Å². The minimum absolute atomic E-state index is 0.0114. The second-order valence-electron chi connectivity index (χ2n) is 7.97. The summed E-state index contributed by atoms with van der Waals surface area (Å²) < 4.78 is 8.23. The number of carboxylic acid groups (broad SMARTS) is 1. The molecule has 10 heteroatoms. The topological polar surface area (TPSA) is 131 Å². The van der Waals surface area contributed by atoms with E-state index in [1.54, 1.807) is 10.9 Å². The van der Waals surface area contributed by atoms with E-state index < -0.39 is 12.0 Å². The molecule has 3 N–H and O–H groups in total. The van der Waals surface area contributed by atoms with Crippen LogP contribution in [0.4, 0.5) is 0 Å². The van der Waals surface area contributed by atoms with Crippen molar-refractivity contribution >= 4 is 5.97 Å². The van der Waals surface area contributed by atoms with Crippen molar-refractivity contribution < 1.29 is 14.6 Å². The Morgan fingerprint density at radius 2 is 2.17 bits per heavy atom. The molecule has 10 nitrogen and oxygen atoms in total. The van der Waals surface area contributed by atoms with Gasteiger partial charge in [0.1, 0.15) is 11.8 Å². The van der Waals surface area contributed by atoms with Crippen molar-refractivity contribution in [1.29, 1.82) is 0 Å². The normalized spacial score (nSPS) is 26.1. The lowest BCUT2D eigenvalue weighted by molar-refractivity contribution is -0.141. The number of H-pyrrole nitrogens is 1. The Kier molecular flexibility index (Phi) is 4.91. The SMILES string of the molecule is O=C(O)C1CC2CC(Oc3cc(-n4cccn4)ccc3-c3nn[nH]n3)CCC2CN1. The number of hydrogen-bond acceptors (Lipinski definition) is 7. The largest absolute Gasteiger partial charge is 0.490 e. The van der Waals surface area contributed by atoms with E-state index in [2.05, 4.69) is 31.0 Å². The first kappa shape index (κ1) is 18.7. The van der Waals surface area contributed by atoms with Crippen molar-refractivity contribution in [1.82, 2.24) is 35.7 Å². The lowest BCUT2D eigenvalue weighted by Gasteiger charge is -2.41. The molecule has 156 valence electrons. The molecule has 2 fully saturated rings. The first-order valence-electron chi connectivity index (χ1n) is 10.2. The summed E-state index contributed by atoms with van der Waals surface area (Å²) in [4.78, 5) is 11.4. The number of ether oxygens (including phenoxy) is 1. The summed E-state index contributed by atoms with van der Waals surface area (Å²) in [7, 11) is 0. The van der Waals surface area contributed by atoms with Crippen LogP contribution in [-0.2, 0) is 4.79 Å². The lowest BCUT2D eigenvalue weighted by atomic mass is 9.72. The molecule has 1 aromatic carbocycles. The van der Waals surface area contributed by atoms with Crippen LogP contribution in [0, 0.1) is 11.8 Å². The van der Waals surface area contributed by atoms with Crippen LogP contribution >= 0.6 is 0 Å². The zero-order chi connectivity index (χ0) is 20.5. The second kappa shape index (κ2) is 7.86. The lowest BCUT2D eigenvalue weighted by Crippen LogP contribution is -2.50. The van der Waals surface area contributed by atoms with Crippen molar-refractivity contribution in [3.05, 3.63) is 36.7 Å². The van der Waals surface area contributed by atoms with Gasteiger partial charge in [-0.2, -0.15) is 10.3 Å². The van der Waals surface area contributed by atoms with Gasteiger partial charge in [-0.25, -0.2) is 4.68 Å². The number of nitrogens with one attached hydrogen (secondary N) is 2. The number of aromatic nitrogens is 6. The highest BCUT2D eigenvalue weighted by molar-refractivity contribution is 5.73. The molecule has 3 aromatic rings. The number of tetrazole rings is 1. The maximum absolute atomic E-state index is 11.4. The maximum atomic E-state index is 11.4. The summed E-state index contributed by atoms with van der Waals surface area (Å²) in [5.74, 6) is 1.22. The molecule has 2 aromatic heterocycles. The van der Waals surface area contributed by atoms with Gasteiger partial charge >= 0.3 is 5.97 Å². The Hall–Kier alpha value is -3.27. The van der Waals surface area contributed by atoms with Crippen LogP contribution in [0.1, 0.15) is 25.7 Å². The number of carboxylic acids is 1. The molecule has 1 saturated carbocycles. The fraction of sp³-hybridized carbons (Fsp3) is 0.450. The molecule has 5 rings (SSSR count). The Labute approximate surface area is 172 Å². The number of aliphatic carboxylic acids is 1. The van der Waals surface area contributed by atoms with E-state index in [1.807, 2.05) is 30.5 Å². The molecule has 1 aliphatic carbocycles. The Morgan fingerprint density at radius 3 is 2.93 bits per heavy atom. The highest BCUT2D eigenvalue weighted by atomic mass is 16.5. The second-order valence-corrected chi connectivity index (χ2v) is 7.97. The van der Waals surface area contributed by atoms with E-state index in [9.17, 15) is 9.90 Å². The van der Waals surface area contributed by atoms with Crippen molar-refractivity contribution in [2.45, 2.75) is 37.8 Å². The van der Waals surface area contributed by atoms with Crippen LogP contribution in [-0.4, -0.2) is 60.2 Å². The average Bonchev–Trinajstić information content (AvgIpc) is 3.47. The van der Waals surface area contributed by atoms with Gasteiger partial charge in [-0.3, -0.25) is 4.79 Å². The molecule has 4 atom stereocenters. The fourth-order valence-electron chi connectivity index (χ4n) is 4.63. The smallest absolute Gasteiger partial charge is 0.320 e. The van der Waals surface area contributed by atoms with E-state index >= 15 is 0 Å². The molecule has 4 unspecified atom stereocenters. The molecular weight excluding hydrogens is 386 g/mol. The first-order valence-corrected chi connectivity index (χ1v) is 10.2. The van der Waals surface area contributed by atoms with Crippen LogP contribution < -0.4 is 10.1 Å². The van der Waals surface area contributed by atoms with E-state index in [-0.39, 0.29) is 6.10 Å². The first-order chi connectivity index (χ1) is 14.7. The monoisotopic (exact) mass is 409 g/mol. The van der Waals surface area contributed by atoms with Crippen LogP contribution in [0.25, 0.3) is 17.1 Å². The number of aromatic amines is 1. The third-order valence-electron chi connectivity index (χ3n) is 6.17. The molecule has 3 heterocycles. The zero-order valence-corrected chi connectivity index (χ0v) is 16.3. The predicted molar refractivity (Wildman–Crippen MR) is 106 cm³/mol. The van der Waals surface area contributed by atoms with Gasteiger partial charge < -0.3 is 15.2 Å². The predicted octanol–water partition coefficient (Wildman–Crippen LogP) is 1.66. The summed E-state index contributed by atoms with van der Waals surface area (Å²) in [6, 6.07) is 7.18. The van der Waals surface area contributed by atoms with Gasteiger partial charge in [0, 0.05) is 18.5 Å². The standard InChI is InChI=1S/C20H23N7O3/c28-20(29)17-9-13-8-15(4-2-12(13)11-21-17)30-18-10-14(27-7-1-6-22-27)3-5-16(18)19-23-25-26-24-19/h1,3,5-7,10,12-13,15,17,21H,2,4,8-9,11H2,(H,28,29)(H,23,24,25,26). The van der Waals surface area contributed by atoms with Gasteiger partial charge in [-0.1, -0.05) is 0 Å². The average molecular weight is 409 g/mol. The van der Waals surface area contributed by atoms with Gasteiger partial charge in [0.25, 0.3) is 0 Å². The molecule has 0 radical (unpaired) electrons. The van der Waals surface area contributed by atoms with Crippen LogP contribution in [0.5, 0.6) is 5.75 Å². The van der Waals surface area contributed by atoms with Crippen molar-refractivity contribution in [3.63, 3.8) is 0 Å². The molecule has 2 aliphatic rings. The summed E-state index contributed by atoms with van der Waals surface area (Å²) in [5, 5.41) is 31.2. The van der Waals surface area contributed by atoms with Crippen LogP contribution in [0.3, 0.4) is 0 Å². The zero-order valence-electron chi connectivity index (χ0n) is 16.3. The van der Waals surface area contributed by atoms with E-state index in [1.165, 1.54) is 0 Å². The Bertz CT molecular complexity index is 1010. The maximum Gasteiger partial charge on any atom is 0.320 e. The molecule has 0 bridgehead atoms. The van der Waals surface area contributed by atoms with Gasteiger partial charge in [0.05, 0.1) is 17.4 Å². The summed E-state index contributed by atoms with van der Waals surface area (Å²) in [6.07, 6.45) is 7.05.